The minimum atomic E-state index is -2.71. The number of esters is 1. The summed E-state index contributed by atoms with van der Waals surface area (Å²) in [5.74, 6) is -0.610. The summed E-state index contributed by atoms with van der Waals surface area (Å²) in [7, 11) is 0. The van der Waals surface area contributed by atoms with Crippen molar-refractivity contribution in [2.45, 2.75) is 18.7 Å². The van der Waals surface area contributed by atoms with Gasteiger partial charge in [0.25, 0.3) is 6.43 Å². The van der Waals surface area contributed by atoms with Crippen LogP contribution >= 0.6 is 15.9 Å². The van der Waals surface area contributed by atoms with Crippen LogP contribution < -0.4 is 0 Å². The van der Waals surface area contributed by atoms with Crippen LogP contribution in [0, 0.1) is 0 Å². The summed E-state index contributed by atoms with van der Waals surface area (Å²) in [6.45, 7) is 1.85. The van der Waals surface area contributed by atoms with E-state index in [4.69, 9.17) is 4.74 Å². The van der Waals surface area contributed by atoms with Gasteiger partial charge in [0.1, 0.15) is 5.69 Å². The first-order valence-electron chi connectivity index (χ1n) is 4.60. The zero-order chi connectivity index (χ0) is 12.1. The van der Waals surface area contributed by atoms with Gasteiger partial charge in [-0.25, -0.2) is 13.6 Å². The lowest BCUT2D eigenvalue weighted by Crippen LogP contribution is -2.10. The summed E-state index contributed by atoms with van der Waals surface area (Å²) in [5.41, 5.74) is -0.0811. The SMILES string of the molecule is CCOC(=O)c1ccnc(C(F)F)c1CBr. The van der Waals surface area contributed by atoms with E-state index < -0.39 is 12.4 Å². The fourth-order valence-electron chi connectivity index (χ4n) is 1.24. The number of ether oxygens (including phenoxy) is 1. The number of hydrogen-bond acceptors (Lipinski definition) is 3. The Morgan fingerprint density at radius 2 is 2.31 bits per heavy atom. The van der Waals surface area contributed by atoms with E-state index in [0.29, 0.717) is 0 Å². The van der Waals surface area contributed by atoms with E-state index in [1.807, 2.05) is 0 Å². The predicted molar refractivity (Wildman–Crippen MR) is 57.8 cm³/mol. The largest absolute Gasteiger partial charge is 0.462 e. The molecule has 0 unspecified atom stereocenters. The second-order valence-electron chi connectivity index (χ2n) is 2.88. The minimum Gasteiger partial charge on any atom is -0.462 e. The molecule has 0 saturated carbocycles. The molecule has 0 atom stereocenters. The molecule has 1 aromatic heterocycles. The number of halogens is 3. The highest BCUT2D eigenvalue weighted by molar-refractivity contribution is 9.08. The van der Waals surface area contributed by atoms with E-state index in [1.54, 1.807) is 6.92 Å². The van der Waals surface area contributed by atoms with Gasteiger partial charge in [0, 0.05) is 17.1 Å². The molecule has 16 heavy (non-hydrogen) atoms. The second kappa shape index (κ2) is 5.89. The van der Waals surface area contributed by atoms with Crippen LogP contribution in [0.15, 0.2) is 12.3 Å². The maximum absolute atomic E-state index is 12.6. The Morgan fingerprint density at radius 3 is 2.81 bits per heavy atom. The average Bonchev–Trinajstić information content (AvgIpc) is 2.28. The van der Waals surface area contributed by atoms with Crippen molar-refractivity contribution >= 4 is 21.9 Å². The van der Waals surface area contributed by atoms with Crippen LogP contribution in [0.3, 0.4) is 0 Å². The summed E-state index contributed by atoms with van der Waals surface area (Å²) in [6.07, 6.45) is -1.53. The van der Waals surface area contributed by atoms with Crippen LogP contribution in [0.1, 0.15) is 35.0 Å². The van der Waals surface area contributed by atoms with Gasteiger partial charge in [0.05, 0.1) is 12.2 Å². The lowest BCUT2D eigenvalue weighted by molar-refractivity contribution is 0.0524. The Morgan fingerprint density at radius 1 is 1.62 bits per heavy atom. The average molecular weight is 294 g/mol. The minimum absolute atomic E-state index is 0.129. The molecule has 0 saturated heterocycles. The van der Waals surface area contributed by atoms with Crippen molar-refractivity contribution < 1.29 is 18.3 Å². The summed E-state index contributed by atoms with van der Waals surface area (Å²) >= 11 is 3.07. The molecular formula is C10H10BrF2NO2. The van der Waals surface area contributed by atoms with Crippen molar-refractivity contribution in [1.29, 1.82) is 0 Å². The molecule has 0 radical (unpaired) electrons. The molecule has 88 valence electrons. The first-order valence-corrected chi connectivity index (χ1v) is 5.73. The Hall–Kier alpha value is -1.04. The lowest BCUT2D eigenvalue weighted by atomic mass is 10.1. The van der Waals surface area contributed by atoms with Gasteiger partial charge in [-0.1, -0.05) is 15.9 Å². The number of carbonyl (C=O) groups excluding carboxylic acids is 1. The van der Waals surface area contributed by atoms with Crippen molar-refractivity contribution in [3.63, 3.8) is 0 Å². The van der Waals surface area contributed by atoms with Gasteiger partial charge in [0.2, 0.25) is 0 Å². The Bertz CT molecular complexity index is 385. The topological polar surface area (TPSA) is 39.2 Å². The number of pyridine rings is 1. The summed E-state index contributed by atoms with van der Waals surface area (Å²) in [6, 6.07) is 1.38. The van der Waals surface area contributed by atoms with Gasteiger partial charge in [-0.15, -0.1) is 0 Å². The highest BCUT2D eigenvalue weighted by Crippen LogP contribution is 2.25. The predicted octanol–water partition coefficient (Wildman–Crippen LogP) is 3.09. The maximum atomic E-state index is 12.6. The van der Waals surface area contributed by atoms with E-state index in [2.05, 4.69) is 20.9 Å². The van der Waals surface area contributed by atoms with Gasteiger partial charge in [-0.05, 0) is 13.0 Å². The smallest absolute Gasteiger partial charge is 0.338 e. The number of rotatable bonds is 4. The van der Waals surface area contributed by atoms with E-state index in [1.165, 1.54) is 12.3 Å². The zero-order valence-corrected chi connectivity index (χ0v) is 10.1. The third-order valence-electron chi connectivity index (χ3n) is 1.92. The molecule has 0 aliphatic rings. The van der Waals surface area contributed by atoms with Crippen molar-refractivity contribution in [2.75, 3.05) is 6.61 Å². The normalized spacial score (nSPS) is 10.6. The van der Waals surface area contributed by atoms with Crippen LogP contribution in [0.5, 0.6) is 0 Å². The molecule has 1 aromatic rings. The molecule has 0 aromatic carbocycles. The second-order valence-corrected chi connectivity index (χ2v) is 3.44. The molecular weight excluding hydrogens is 284 g/mol. The summed E-state index contributed by atoms with van der Waals surface area (Å²) in [4.78, 5) is 15.0. The number of alkyl halides is 3. The fourth-order valence-corrected chi connectivity index (χ4v) is 1.83. The summed E-state index contributed by atoms with van der Waals surface area (Å²) in [5, 5.41) is 0.134. The Labute approximate surface area is 99.9 Å². The van der Waals surface area contributed by atoms with Crippen LogP contribution in [-0.4, -0.2) is 17.6 Å². The molecule has 1 heterocycles. The maximum Gasteiger partial charge on any atom is 0.338 e. The van der Waals surface area contributed by atoms with Crippen LogP contribution in [0.2, 0.25) is 0 Å². The highest BCUT2D eigenvalue weighted by atomic mass is 79.9. The van der Waals surface area contributed by atoms with E-state index in [0.717, 1.165) is 0 Å². The number of aromatic nitrogens is 1. The van der Waals surface area contributed by atoms with Crippen molar-refractivity contribution in [1.82, 2.24) is 4.98 Å². The monoisotopic (exact) mass is 293 g/mol. The standard InChI is InChI=1S/C10H10BrF2NO2/c1-2-16-10(15)6-3-4-14-8(9(12)13)7(6)5-11/h3-4,9H,2,5H2,1H3. The van der Waals surface area contributed by atoms with Gasteiger partial charge in [-0.3, -0.25) is 4.98 Å². The van der Waals surface area contributed by atoms with E-state index in [9.17, 15) is 13.6 Å². The van der Waals surface area contributed by atoms with Gasteiger partial charge >= 0.3 is 5.97 Å². The first-order chi connectivity index (χ1) is 7.61. The third-order valence-corrected chi connectivity index (χ3v) is 2.49. The molecule has 0 aliphatic heterocycles. The Balaban J connectivity index is 3.18. The Kier molecular flexibility index (Phi) is 4.79. The van der Waals surface area contributed by atoms with Crippen molar-refractivity contribution in [3.8, 4) is 0 Å². The number of nitrogens with zero attached hydrogens (tertiary/aromatic N) is 1. The first kappa shape index (κ1) is 13.0. The third kappa shape index (κ3) is 2.75. The summed E-state index contributed by atoms with van der Waals surface area (Å²) < 4.78 is 30.0. The molecule has 6 heteroatoms. The van der Waals surface area contributed by atoms with Crippen LogP contribution in [0.4, 0.5) is 8.78 Å². The van der Waals surface area contributed by atoms with Crippen molar-refractivity contribution in [3.05, 3.63) is 29.1 Å². The molecule has 0 fully saturated rings. The van der Waals surface area contributed by atoms with Crippen LogP contribution in [-0.2, 0) is 10.1 Å². The van der Waals surface area contributed by atoms with Crippen LogP contribution in [0.25, 0.3) is 0 Å². The fraction of sp³-hybridized carbons (Fsp3) is 0.400. The van der Waals surface area contributed by atoms with E-state index >= 15 is 0 Å². The van der Waals surface area contributed by atoms with Gasteiger partial charge in [0.15, 0.2) is 0 Å². The molecule has 0 N–H and O–H groups in total. The quantitative estimate of drug-likeness (QED) is 0.633. The molecule has 1 rings (SSSR count). The van der Waals surface area contributed by atoms with Gasteiger partial charge < -0.3 is 4.74 Å². The van der Waals surface area contributed by atoms with Gasteiger partial charge in [-0.2, -0.15) is 0 Å². The zero-order valence-electron chi connectivity index (χ0n) is 8.54. The molecule has 0 aliphatic carbocycles. The number of hydrogen-bond donors (Lipinski definition) is 0. The molecule has 3 nitrogen and oxygen atoms in total. The lowest BCUT2D eigenvalue weighted by Gasteiger charge is -2.10. The van der Waals surface area contributed by atoms with E-state index in [-0.39, 0.29) is 28.8 Å². The molecule has 0 bridgehead atoms. The van der Waals surface area contributed by atoms with Crippen molar-refractivity contribution in [2.24, 2.45) is 0 Å². The molecule has 0 amide bonds. The molecule has 0 spiro atoms. The number of carbonyl (C=O) groups is 1. The highest BCUT2D eigenvalue weighted by Gasteiger charge is 2.21.